The monoisotopic (exact) mass is 340 g/mol. The second kappa shape index (κ2) is 8.19. The van der Waals surface area contributed by atoms with E-state index in [2.05, 4.69) is 16.9 Å². The average Bonchev–Trinajstić information content (AvgIpc) is 3.15. The van der Waals surface area contributed by atoms with Gasteiger partial charge in [0, 0.05) is 5.92 Å². The summed E-state index contributed by atoms with van der Waals surface area (Å²) >= 11 is 0. The molecule has 0 unspecified atom stereocenters. The molecule has 1 atom stereocenters. The summed E-state index contributed by atoms with van der Waals surface area (Å²) in [4.78, 5) is 24.0. The van der Waals surface area contributed by atoms with Crippen molar-refractivity contribution in [1.29, 1.82) is 0 Å². The molecule has 2 amide bonds. The van der Waals surface area contributed by atoms with Gasteiger partial charge in [0.15, 0.2) is 5.76 Å². The highest BCUT2D eigenvalue weighted by atomic mass is 16.5. The summed E-state index contributed by atoms with van der Waals surface area (Å²) in [6, 6.07) is 12.6. The number of hydrazine groups is 1. The molecule has 0 radical (unpaired) electrons. The second-order valence-electron chi connectivity index (χ2n) is 5.79. The summed E-state index contributed by atoms with van der Waals surface area (Å²) in [5.41, 5.74) is 4.84. The number of amides is 2. The van der Waals surface area contributed by atoms with E-state index in [1.807, 2.05) is 36.4 Å². The molecule has 3 rings (SSSR count). The van der Waals surface area contributed by atoms with Gasteiger partial charge in [0.2, 0.25) is 5.91 Å². The molecule has 0 bridgehead atoms. The molecule has 130 valence electrons. The van der Waals surface area contributed by atoms with Crippen LogP contribution in [0.4, 0.5) is 0 Å². The van der Waals surface area contributed by atoms with Crippen LogP contribution in [0.3, 0.4) is 0 Å². The van der Waals surface area contributed by atoms with E-state index in [0.29, 0.717) is 12.2 Å². The first-order valence-corrected chi connectivity index (χ1v) is 8.24. The maximum absolute atomic E-state index is 12.0. The Balaban J connectivity index is 1.47. The Morgan fingerprint density at radius 1 is 1.08 bits per heavy atom. The number of benzene rings is 1. The number of carbonyl (C=O) groups excluding carboxylic acids is 2. The molecule has 6 heteroatoms. The lowest BCUT2D eigenvalue weighted by Crippen LogP contribution is -2.44. The SMILES string of the molecule is O=C(NNC(=O)[C@@H]1CC=CCC1)c1ccc(COc2ccccc2)o1. The van der Waals surface area contributed by atoms with E-state index < -0.39 is 5.91 Å². The molecular formula is C19H20N2O4. The molecule has 2 N–H and O–H groups in total. The Hall–Kier alpha value is -3.02. The zero-order chi connectivity index (χ0) is 17.5. The van der Waals surface area contributed by atoms with E-state index in [0.717, 1.165) is 18.6 Å². The maximum Gasteiger partial charge on any atom is 0.305 e. The van der Waals surface area contributed by atoms with Crippen LogP contribution in [-0.4, -0.2) is 11.8 Å². The number of hydrogen-bond donors (Lipinski definition) is 2. The van der Waals surface area contributed by atoms with Gasteiger partial charge >= 0.3 is 5.91 Å². The quantitative estimate of drug-likeness (QED) is 0.648. The lowest BCUT2D eigenvalue weighted by Gasteiger charge is -2.17. The third kappa shape index (κ3) is 4.73. The molecule has 1 aliphatic rings. The molecule has 0 saturated heterocycles. The number of carbonyl (C=O) groups is 2. The largest absolute Gasteiger partial charge is 0.486 e. The Morgan fingerprint density at radius 2 is 1.92 bits per heavy atom. The molecule has 1 aromatic carbocycles. The van der Waals surface area contributed by atoms with E-state index >= 15 is 0 Å². The first-order valence-electron chi connectivity index (χ1n) is 8.24. The summed E-state index contributed by atoms with van der Waals surface area (Å²) in [7, 11) is 0. The highest BCUT2D eigenvalue weighted by Crippen LogP contribution is 2.18. The van der Waals surface area contributed by atoms with Gasteiger partial charge < -0.3 is 9.15 Å². The first kappa shape index (κ1) is 16.8. The highest BCUT2D eigenvalue weighted by molar-refractivity contribution is 5.93. The topological polar surface area (TPSA) is 80.6 Å². The third-order valence-corrected chi connectivity index (χ3v) is 3.95. The minimum Gasteiger partial charge on any atom is -0.486 e. The number of allylic oxidation sites excluding steroid dienone is 2. The van der Waals surface area contributed by atoms with Crippen molar-refractivity contribution in [3.63, 3.8) is 0 Å². The number of para-hydroxylation sites is 1. The molecule has 0 fully saturated rings. The van der Waals surface area contributed by atoms with Gasteiger partial charge in [-0.3, -0.25) is 20.4 Å². The Morgan fingerprint density at radius 3 is 2.68 bits per heavy atom. The van der Waals surface area contributed by atoms with Crippen molar-refractivity contribution in [2.45, 2.75) is 25.9 Å². The Bertz CT molecular complexity index is 752. The Labute approximate surface area is 145 Å². The molecule has 0 aliphatic heterocycles. The molecule has 0 spiro atoms. The summed E-state index contributed by atoms with van der Waals surface area (Å²) in [5, 5.41) is 0. The van der Waals surface area contributed by atoms with Crippen molar-refractivity contribution in [3.05, 3.63) is 66.1 Å². The first-order chi connectivity index (χ1) is 12.2. The molecule has 1 aliphatic carbocycles. The van der Waals surface area contributed by atoms with Crippen LogP contribution in [0.15, 0.2) is 59.0 Å². The minimum atomic E-state index is -0.495. The molecule has 1 heterocycles. The van der Waals surface area contributed by atoms with Crippen LogP contribution in [0.5, 0.6) is 5.75 Å². The van der Waals surface area contributed by atoms with Gasteiger partial charge in [0.05, 0.1) is 0 Å². The zero-order valence-corrected chi connectivity index (χ0v) is 13.7. The number of nitrogens with one attached hydrogen (secondary N) is 2. The molecule has 0 saturated carbocycles. The fraction of sp³-hybridized carbons (Fsp3) is 0.263. The summed E-state index contributed by atoms with van der Waals surface area (Å²) in [6.45, 7) is 0.220. The maximum atomic E-state index is 12.0. The van der Waals surface area contributed by atoms with Gasteiger partial charge in [-0.2, -0.15) is 0 Å². The third-order valence-electron chi connectivity index (χ3n) is 3.95. The predicted molar refractivity (Wildman–Crippen MR) is 91.6 cm³/mol. The lowest BCUT2D eigenvalue weighted by atomic mass is 9.94. The summed E-state index contributed by atoms with van der Waals surface area (Å²) in [5.74, 6) is 0.589. The van der Waals surface area contributed by atoms with Gasteiger partial charge in [-0.25, -0.2) is 0 Å². The smallest absolute Gasteiger partial charge is 0.305 e. The number of rotatable bonds is 5. The average molecular weight is 340 g/mol. The molecular weight excluding hydrogens is 320 g/mol. The van der Waals surface area contributed by atoms with Crippen molar-refractivity contribution >= 4 is 11.8 Å². The van der Waals surface area contributed by atoms with E-state index in [-0.39, 0.29) is 24.2 Å². The number of hydrogen-bond acceptors (Lipinski definition) is 4. The molecule has 6 nitrogen and oxygen atoms in total. The summed E-state index contributed by atoms with van der Waals surface area (Å²) < 4.78 is 11.0. The van der Waals surface area contributed by atoms with Crippen molar-refractivity contribution < 1.29 is 18.7 Å². The van der Waals surface area contributed by atoms with E-state index in [1.54, 1.807) is 12.1 Å². The summed E-state index contributed by atoms with van der Waals surface area (Å²) in [6.07, 6.45) is 6.42. The van der Waals surface area contributed by atoms with Crippen LogP contribution in [0.1, 0.15) is 35.6 Å². The van der Waals surface area contributed by atoms with Crippen LogP contribution in [0.25, 0.3) is 0 Å². The number of ether oxygens (including phenoxy) is 1. The van der Waals surface area contributed by atoms with Crippen molar-refractivity contribution in [2.24, 2.45) is 5.92 Å². The van der Waals surface area contributed by atoms with Crippen LogP contribution in [0.2, 0.25) is 0 Å². The van der Waals surface area contributed by atoms with Crippen molar-refractivity contribution in [2.75, 3.05) is 0 Å². The lowest BCUT2D eigenvalue weighted by molar-refractivity contribution is -0.126. The molecule has 25 heavy (non-hydrogen) atoms. The van der Waals surface area contributed by atoms with E-state index in [9.17, 15) is 9.59 Å². The predicted octanol–water partition coefficient (Wildman–Crippen LogP) is 2.98. The van der Waals surface area contributed by atoms with Crippen molar-refractivity contribution in [1.82, 2.24) is 10.9 Å². The van der Waals surface area contributed by atoms with E-state index in [4.69, 9.17) is 9.15 Å². The van der Waals surface area contributed by atoms with Crippen LogP contribution in [0, 0.1) is 5.92 Å². The fourth-order valence-corrected chi connectivity index (χ4v) is 2.56. The Kier molecular flexibility index (Phi) is 5.51. The normalized spacial score (nSPS) is 16.2. The van der Waals surface area contributed by atoms with Gasteiger partial charge in [-0.05, 0) is 43.5 Å². The second-order valence-corrected chi connectivity index (χ2v) is 5.79. The highest BCUT2D eigenvalue weighted by Gasteiger charge is 2.20. The van der Waals surface area contributed by atoms with Gasteiger partial charge in [0.25, 0.3) is 0 Å². The van der Waals surface area contributed by atoms with Gasteiger partial charge in [0.1, 0.15) is 18.1 Å². The zero-order valence-electron chi connectivity index (χ0n) is 13.7. The minimum absolute atomic E-state index is 0.100. The van der Waals surface area contributed by atoms with Crippen molar-refractivity contribution in [3.8, 4) is 5.75 Å². The number of furan rings is 1. The standard InChI is InChI=1S/C19H20N2O4/c22-18(14-7-3-1-4-8-14)20-21-19(23)17-12-11-16(25-17)13-24-15-9-5-2-6-10-15/h1-3,5-6,9-12,14H,4,7-8,13H2,(H,20,22)(H,21,23)/t14-/m1/s1. The van der Waals surface area contributed by atoms with Gasteiger partial charge in [-0.15, -0.1) is 0 Å². The van der Waals surface area contributed by atoms with Crippen LogP contribution in [-0.2, 0) is 11.4 Å². The van der Waals surface area contributed by atoms with Crippen LogP contribution >= 0.6 is 0 Å². The molecule has 2 aromatic rings. The van der Waals surface area contributed by atoms with Gasteiger partial charge in [-0.1, -0.05) is 30.4 Å². The van der Waals surface area contributed by atoms with Crippen LogP contribution < -0.4 is 15.6 Å². The molecule has 1 aromatic heterocycles. The van der Waals surface area contributed by atoms with E-state index in [1.165, 1.54) is 0 Å². The fourth-order valence-electron chi connectivity index (χ4n) is 2.56.